The standard InChI is InChI=1S/C9H11ClO2/c1-7(10)6-9(2,11)8-4-3-5-12-8/h3-5,11H,1,6H2,2H3. The molecule has 0 aliphatic carbocycles. The lowest BCUT2D eigenvalue weighted by Crippen LogP contribution is -2.19. The van der Waals surface area contributed by atoms with Gasteiger partial charge in [-0.1, -0.05) is 18.2 Å². The van der Waals surface area contributed by atoms with Crippen LogP contribution in [0.1, 0.15) is 19.1 Å². The molecular formula is C9H11ClO2. The van der Waals surface area contributed by atoms with Gasteiger partial charge in [-0.05, 0) is 19.1 Å². The van der Waals surface area contributed by atoms with Crippen molar-refractivity contribution in [2.75, 3.05) is 0 Å². The molecule has 0 saturated carbocycles. The van der Waals surface area contributed by atoms with E-state index in [2.05, 4.69) is 6.58 Å². The minimum Gasteiger partial charge on any atom is -0.466 e. The van der Waals surface area contributed by atoms with Gasteiger partial charge in [0.15, 0.2) is 0 Å². The number of halogens is 1. The summed E-state index contributed by atoms with van der Waals surface area (Å²) in [5, 5.41) is 10.2. The monoisotopic (exact) mass is 186 g/mol. The summed E-state index contributed by atoms with van der Waals surface area (Å²) in [7, 11) is 0. The second-order valence-electron chi connectivity index (χ2n) is 2.95. The summed E-state index contributed by atoms with van der Waals surface area (Å²) in [4.78, 5) is 0. The Morgan fingerprint density at radius 2 is 2.50 bits per heavy atom. The predicted molar refractivity (Wildman–Crippen MR) is 47.9 cm³/mol. The highest BCUT2D eigenvalue weighted by Gasteiger charge is 2.26. The van der Waals surface area contributed by atoms with Gasteiger partial charge < -0.3 is 9.52 Å². The van der Waals surface area contributed by atoms with E-state index in [1.165, 1.54) is 6.26 Å². The lowest BCUT2D eigenvalue weighted by Gasteiger charge is -2.19. The number of hydrogen-bond acceptors (Lipinski definition) is 2. The number of hydrogen-bond donors (Lipinski definition) is 1. The Balaban J connectivity index is 2.79. The van der Waals surface area contributed by atoms with Crippen LogP contribution in [0.25, 0.3) is 0 Å². The SMILES string of the molecule is C=C(Cl)CC(C)(O)c1ccco1. The van der Waals surface area contributed by atoms with Crippen molar-refractivity contribution in [3.05, 3.63) is 35.8 Å². The largest absolute Gasteiger partial charge is 0.466 e. The summed E-state index contributed by atoms with van der Waals surface area (Å²) >= 11 is 5.58. The van der Waals surface area contributed by atoms with E-state index in [1.54, 1.807) is 19.1 Å². The Labute approximate surface area is 76.5 Å². The summed E-state index contributed by atoms with van der Waals surface area (Å²) in [6.45, 7) is 5.15. The van der Waals surface area contributed by atoms with Crippen molar-refractivity contribution in [2.24, 2.45) is 0 Å². The molecule has 1 unspecified atom stereocenters. The molecule has 0 bridgehead atoms. The predicted octanol–water partition coefficient (Wildman–Crippen LogP) is 2.63. The Kier molecular flexibility index (Phi) is 2.60. The highest BCUT2D eigenvalue weighted by atomic mass is 35.5. The second kappa shape index (κ2) is 3.33. The van der Waals surface area contributed by atoms with Crippen molar-refractivity contribution >= 4 is 11.6 Å². The second-order valence-corrected chi connectivity index (χ2v) is 3.48. The Bertz CT molecular complexity index is 262. The summed E-state index contributed by atoms with van der Waals surface area (Å²) < 4.78 is 5.05. The Morgan fingerprint density at radius 3 is 2.92 bits per heavy atom. The van der Waals surface area contributed by atoms with Gasteiger partial charge >= 0.3 is 0 Å². The van der Waals surface area contributed by atoms with Crippen LogP contribution in [0.15, 0.2) is 34.4 Å². The van der Waals surface area contributed by atoms with Gasteiger partial charge in [-0.15, -0.1) is 0 Å². The van der Waals surface area contributed by atoms with Crippen LogP contribution in [0.2, 0.25) is 0 Å². The van der Waals surface area contributed by atoms with Crippen molar-refractivity contribution in [3.63, 3.8) is 0 Å². The fourth-order valence-corrected chi connectivity index (χ4v) is 1.31. The molecule has 66 valence electrons. The molecule has 0 aromatic carbocycles. The molecule has 1 rings (SSSR count). The van der Waals surface area contributed by atoms with Crippen molar-refractivity contribution in [1.29, 1.82) is 0 Å². The van der Waals surface area contributed by atoms with Crippen LogP contribution in [0.4, 0.5) is 0 Å². The molecule has 0 saturated heterocycles. The number of rotatable bonds is 3. The van der Waals surface area contributed by atoms with Crippen molar-refractivity contribution in [3.8, 4) is 0 Å². The van der Waals surface area contributed by atoms with Gasteiger partial charge in [0.2, 0.25) is 0 Å². The normalized spacial score (nSPS) is 15.6. The molecule has 0 spiro atoms. The molecule has 0 aliphatic rings. The van der Waals surface area contributed by atoms with Gasteiger partial charge in [0, 0.05) is 11.5 Å². The number of furan rings is 1. The zero-order valence-corrected chi connectivity index (χ0v) is 7.64. The zero-order valence-electron chi connectivity index (χ0n) is 6.88. The van der Waals surface area contributed by atoms with Crippen LogP contribution in [-0.2, 0) is 5.60 Å². The molecule has 2 nitrogen and oxygen atoms in total. The molecule has 0 radical (unpaired) electrons. The fraction of sp³-hybridized carbons (Fsp3) is 0.333. The van der Waals surface area contributed by atoms with Crippen LogP contribution < -0.4 is 0 Å². The fourth-order valence-electron chi connectivity index (χ4n) is 1.05. The Hall–Kier alpha value is -0.730. The van der Waals surface area contributed by atoms with Gasteiger partial charge in [0.1, 0.15) is 11.4 Å². The first-order valence-electron chi connectivity index (χ1n) is 3.62. The average molecular weight is 187 g/mol. The first-order valence-corrected chi connectivity index (χ1v) is 4.00. The molecule has 1 heterocycles. The molecule has 1 N–H and O–H groups in total. The smallest absolute Gasteiger partial charge is 0.135 e. The van der Waals surface area contributed by atoms with Crippen LogP contribution in [0.5, 0.6) is 0 Å². The van der Waals surface area contributed by atoms with Gasteiger partial charge in [-0.3, -0.25) is 0 Å². The Morgan fingerprint density at radius 1 is 1.83 bits per heavy atom. The van der Waals surface area contributed by atoms with E-state index < -0.39 is 5.60 Å². The maximum Gasteiger partial charge on any atom is 0.135 e. The zero-order chi connectivity index (χ0) is 9.19. The van der Waals surface area contributed by atoms with Crippen molar-refractivity contribution in [1.82, 2.24) is 0 Å². The van der Waals surface area contributed by atoms with E-state index in [9.17, 15) is 5.11 Å². The van der Waals surface area contributed by atoms with Crippen molar-refractivity contribution in [2.45, 2.75) is 18.9 Å². The van der Waals surface area contributed by atoms with Gasteiger partial charge in [0.05, 0.1) is 6.26 Å². The molecule has 0 fully saturated rings. The van der Waals surface area contributed by atoms with Crippen LogP contribution in [-0.4, -0.2) is 5.11 Å². The molecule has 1 atom stereocenters. The minimum atomic E-state index is -1.05. The van der Waals surface area contributed by atoms with E-state index in [0.717, 1.165) is 0 Å². The molecule has 0 amide bonds. The van der Waals surface area contributed by atoms with E-state index >= 15 is 0 Å². The van der Waals surface area contributed by atoms with E-state index in [1.807, 2.05) is 0 Å². The molecule has 0 aliphatic heterocycles. The quantitative estimate of drug-likeness (QED) is 0.788. The van der Waals surface area contributed by atoms with Gasteiger partial charge in [-0.25, -0.2) is 0 Å². The molecular weight excluding hydrogens is 176 g/mol. The highest BCUT2D eigenvalue weighted by Crippen LogP contribution is 2.28. The molecule has 3 heteroatoms. The molecule has 1 aromatic heterocycles. The third-order valence-corrected chi connectivity index (χ3v) is 1.72. The summed E-state index contributed by atoms with van der Waals surface area (Å²) in [6.07, 6.45) is 1.81. The van der Waals surface area contributed by atoms with Gasteiger partial charge in [-0.2, -0.15) is 0 Å². The summed E-state index contributed by atoms with van der Waals surface area (Å²) in [5.74, 6) is 0.504. The molecule has 12 heavy (non-hydrogen) atoms. The minimum absolute atomic E-state index is 0.294. The van der Waals surface area contributed by atoms with E-state index in [0.29, 0.717) is 17.2 Å². The summed E-state index contributed by atoms with van der Waals surface area (Å²) in [6, 6.07) is 3.43. The average Bonchev–Trinajstić information content (AvgIpc) is 2.32. The molecule has 1 aromatic rings. The first kappa shape index (κ1) is 9.36. The third-order valence-electron chi connectivity index (χ3n) is 1.59. The first-order chi connectivity index (χ1) is 5.52. The van der Waals surface area contributed by atoms with Crippen LogP contribution in [0.3, 0.4) is 0 Å². The lowest BCUT2D eigenvalue weighted by atomic mass is 9.99. The number of aliphatic hydroxyl groups is 1. The highest BCUT2D eigenvalue weighted by molar-refractivity contribution is 6.29. The third kappa shape index (κ3) is 2.13. The van der Waals surface area contributed by atoms with Gasteiger partial charge in [0.25, 0.3) is 0 Å². The maximum atomic E-state index is 9.81. The summed E-state index contributed by atoms with van der Waals surface area (Å²) in [5.41, 5.74) is -1.05. The van der Waals surface area contributed by atoms with E-state index in [-0.39, 0.29) is 0 Å². The maximum absolute atomic E-state index is 9.81. The topological polar surface area (TPSA) is 33.4 Å². The van der Waals surface area contributed by atoms with Crippen LogP contribution >= 0.6 is 11.6 Å². The van der Waals surface area contributed by atoms with Crippen LogP contribution in [0, 0.1) is 0 Å². The van der Waals surface area contributed by atoms with E-state index in [4.69, 9.17) is 16.0 Å². The lowest BCUT2D eigenvalue weighted by molar-refractivity contribution is 0.0362. The van der Waals surface area contributed by atoms with Crippen molar-refractivity contribution < 1.29 is 9.52 Å².